The van der Waals surface area contributed by atoms with Crippen molar-refractivity contribution in [2.24, 2.45) is 0 Å². The molecule has 1 N–H and O–H groups in total. The van der Waals surface area contributed by atoms with Gasteiger partial charge in [0, 0.05) is 5.02 Å². The van der Waals surface area contributed by atoms with E-state index in [1.165, 1.54) is 12.0 Å². The molecule has 1 aromatic rings. The molecule has 13 heavy (non-hydrogen) atoms. The molecule has 72 valence electrons. The van der Waals surface area contributed by atoms with Gasteiger partial charge in [0.15, 0.2) is 0 Å². The highest BCUT2D eigenvalue weighted by molar-refractivity contribution is 6.31. The second kappa shape index (κ2) is 6.01. The fraction of sp³-hybridized carbons (Fsp3) is 0.455. The lowest BCUT2D eigenvalue weighted by molar-refractivity contribution is 0.671. The standard InChI is InChI=1S/C11H16ClN/c1-2-8-13-9-7-10-5-3-4-6-11(10)12/h3-6,13H,2,7-9H2,1H3. The lowest BCUT2D eigenvalue weighted by Gasteiger charge is -2.04. The van der Waals surface area contributed by atoms with Gasteiger partial charge in [0.25, 0.3) is 0 Å². The van der Waals surface area contributed by atoms with Crippen molar-refractivity contribution in [3.8, 4) is 0 Å². The summed E-state index contributed by atoms with van der Waals surface area (Å²) in [6.45, 7) is 4.27. The summed E-state index contributed by atoms with van der Waals surface area (Å²) < 4.78 is 0. The van der Waals surface area contributed by atoms with Gasteiger partial charge >= 0.3 is 0 Å². The van der Waals surface area contributed by atoms with E-state index >= 15 is 0 Å². The van der Waals surface area contributed by atoms with E-state index in [2.05, 4.69) is 18.3 Å². The number of hydrogen-bond acceptors (Lipinski definition) is 1. The average molecular weight is 198 g/mol. The van der Waals surface area contributed by atoms with E-state index in [-0.39, 0.29) is 0 Å². The maximum Gasteiger partial charge on any atom is 0.0438 e. The molecule has 0 aliphatic carbocycles. The SMILES string of the molecule is CCCNCCc1ccccc1Cl. The lowest BCUT2D eigenvalue weighted by Crippen LogP contribution is -2.17. The summed E-state index contributed by atoms with van der Waals surface area (Å²) in [5, 5.41) is 4.23. The van der Waals surface area contributed by atoms with Crippen molar-refractivity contribution in [1.29, 1.82) is 0 Å². The second-order valence-corrected chi connectivity index (χ2v) is 3.50. The van der Waals surface area contributed by atoms with Gasteiger partial charge in [-0.2, -0.15) is 0 Å². The summed E-state index contributed by atoms with van der Waals surface area (Å²) in [6.07, 6.45) is 2.20. The fourth-order valence-corrected chi connectivity index (χ4v) is 1.46. The molecule has 1 aromatic carbocycles. The normalized spacial score (nSPS) is 10.3. The molecule has 2 heteroatoms. The van der Waals surface area contributed by atoms with Gasteiger partial charge in [-0.25, -0.2) is 0 Å². The van der Waals surface area contributed by atoms with E-state index in [4.69, 9.17) is 11.6 Å². The van der Waals surface area contributed by atoms with E-state index < -0.39 is 0 Å². The first kappa shape index (κ1) is 10.6. The summed E-state index contributed by atoms with van der Waals surface area (Å²) in [5.41, 5.74) is 1.23. The molecule has 1 rings (SSSR count). The number of hydrogen-bond donors (Lipinski definition) is 1. The molecule has 0 unspecified atom stereocenters. The molecule has 0 aromatic heterocycles. The van der Waals surface area contributed by atoms with Crippen LogP contribution in [-0.2, 0) is 6.42 Å². The number of halogens is 1. The Morgan fingerprint density at radius 2 is 2.00 bits per heavy atom. The summed E-state index contributed by atoms with van der Waals surface area (Å²) in [5.74, 6) is 0. The van der Waals surface area contributed by atoms with E-state index in [1.54, 1.807) is 0 Å². The van der Waals surface area contributed by atoms with Gasteiger partial charge in [0.05, 0.1) is 0 Å². The molecule has 0 aliphatic rings. The Morgan fingerprint density at radius 3 is 2.69 bits per heavy atom. The van der Waals surface area contributed by atoms with Crippen LogP contribution in [0.15, 0.2) is 24.3 Å². The first-order valence-corrected chi connectivity index (χ1v) is 5.16. The molecule has 0 fully saturated rings. The molecule has 0 saturated heterocycles. The minimum absolute atomic E-state index is 0.876. The van der Waals surface area contributed by atoms with Gasteiger partial charge in [-0.1, -0.05) is 36.7 Å². The smallest absolute Gasteiger partial charge is 0.0438 e. The van der Waals surface area contributed by atoms with Crippen LogP contribution in [0.2, 0.25) is 5.02 Å². The van der Waals surface area contributed by atoms with Crippen molar-refractivity contribution in [3.63, 3.8) is 0 Å². The van der Waals surface area contributed by atoms with Crippen molar-refractivity contribution in [1.82, 2.24) is 5.32 Å². The molecule has 1 nitrogen and oxygen atoms in total. The molecule has 0 spiro atoms. The van der Waals surface area contributed by atoms with Crippen LogP contribution in [-0.4, -0.2) is 13.1 Å². The zero-order chi connectivity index (χ0) is 9.52. The maximum atomic E-state index is 6.01. The van der Waals surface area contributed by atoms with Crippen LogP contribution in [0.1, 0.15) is 18.9 Å². The first-order chi connectivity index (χ1) is 6.34. The molecule has 0 atom stereocenters. The molecular formula is C11H16ClN. The quantitative estimate of drug-likeness (QED) is 0.716. The highest BCUT2D eigenvalue weighted by atomic mass is 35.5. The zero-order valence-electron chi connectivity index (χ0n) is 8.02. The van der Waals surface area contributed by atoms with Crippen LogP contribution in [0.4, 0.5) is 0 Å². The summed E-state index contributed by atoms with van der Waals surface area (Å²) in [6, 6.07) is 8.01. The van der Waals surface area contributed by atoms with Crippen LogP contribution in [0.5, 0.6) is 0 Å². The van der Waals surface area contributed by atoms with E-state index in [0.717, 1.165) is 24.5 Å². The topological polar surface area (TPSA) is 12.0 Å². The second-order valence-electron chi connectivity index (χ2n) is 3.09. The highest BCUT2D eigenvalue weighted by Crippen LogP contribution is 2.14. The van der Waals surface area contributed by atoms with E-state index in [9.17, 15) is 0 Å². The van der Waals surface area contributed by atoms with Crippen LogP contribution in [0.25, 0.3) is 0 Å². The third kappa shape index (κ3) is 3.79. The molecule has 0 saturated carbocycles. The summed E-state index contributed by atoms with van der Waals surface area (Å²) in [7, 11) is 0. The lowest BCUT2D eigenvalue weighted by atomic mass is 10.1. The average Bonchev–Trinajstić information content (AvgIpc) is 2.15. The number of nitrogens with one attached hydrogen (secondary N) is 1. The van der Waals surface area contributed by atoms with Gasteiger partial charge in [0.2, 0.25) is 0 Å². The van der Waals surface area contributed by atoms with Crippen molar-refractivity contribution < 1.29 is 0 Å². The van der Waals surface area contributed by atoms with Crippen molar-refractivity contribution >= 4 is 11.6 Å². The summed E-state index contributed by atoms with van der Waals surface area (Å²) in [4.78, 5) is 0. The van der Waals surface area contributed by atoms with Gasteiger partial charge in [0.1, 0.15) is 0 Å². The zero-order valence-corrected chi connectivity index (χ0v) is 8.77. The molecule has 0 bridgehead atoms. The molecule has 0 aliphatic heterocycles. The van der Waals surface area contributed by atoms with Gasteiger partial charge in [-0.15, -0.1) is 0 Å². The first-order valence-electron chi connectivity index (χ1n) is 4.78. The Hall–Kier alpha value is -0.530. The van der Waals surface area contributed by atoms with E-state index in [1.807, 2.05) is 18.2 Å². The van der Waals surface area contributed by atoms with Crippen molar-refractivity contribution in [2.75, 3.05) is 13.1 Å². The number of rotatable bonds is 5. The maximum absolute atomic E-state index is 6.01. The Bertz CT molecular complexity index is 248. The van der Waals surface area contributed by atoms with Crippen molar-refractivity contribution in [2.45, 2.75) is 19.8 Å². The Balaban J connectivity index is 2.32. The predicted molar refractivity (Wildman–Crippen MR) is 58.3 cm³/mol. The highest BCUT2D eigenvalue weighted by Gasteiger charge is 1.96. The minimum Gasteiger partial charge on any atom is -0.316 e. The third-order valence-electron chi connectivity index (χ3n) is 1.96. The monoisotopic (exact) mass is 197 g/mol. The van der Waals surface area contributed by atoms with Crippen LogP contribution < -0.4 is 5.32 Å². The van der Waals surface area contributed by atoms with Gasteiger partial charge in [-0.3, -0.25) is 0 Å². The predicted octanol–water partition coefficient (Wildman–Crippen LogP) is 2.88. The van der Waals surface area contributed by atoms with Gasteiger partial charge < -0.3 is 5.32 Å². The molecule has 0 radical (unpaired) electrons. The Morgan fingerprint density at radius 1 is 1.23 bits per heavy atom. The molecular weight excluding hydrogens is 182 g/mol. The van der Waals surface area contributed by atoms with Crippen LogP contribution in [0.3, 0.4) is 0 Å². The molecule has 0 amide bonds. The van der Waals surface area contributed by atoms with Crippen LogP contribution in [0, 0.1) is 0 Å². The largest absolute Gasteiger partial charge is 0.316 e. The van der Waals surface area contributed by atoms with Crippen molar-refractivity contribution in [3.05, 3.63) is 34.9 Å². The minimum atomic E-state index is 0.876. The summed E-state index contributed by atoms with van der Waals surface area (Å²) >= 11 is 6.01. The van der Waals surface area contributed by atoms with Gasteiger partial charge in [-0.05, 0) is 37.6 Å². The fourth-order valence-electron chi connectivity index (χ4n) is 1.23. The van der Waals surface area contributed by atoms with E-state index in [0.29, 0.717) is 0 Å². The Kier molecular flexibility index (Phi) is 4.87. The Labute approximate surface area is 85.1 Å². The van der Waals surface area contributed by atoms with Crippen LogP contribution >= 0.6 is 11.6 Å². The number of benzene rings is 1. The molecule has 0 heterocycles. The third-order valence-corrected chi connectivity index (χ3v) is 2.32.